The number of carbonyl (C=O) groups excluding carboxylic acids is 2. The molecule has 0 bridgehead atoms. The van der Waals surface area contributed by atoms with E-state index >= 15 is 0 Å². The molecule has 0 amide bonds. The van der Waals surface area contributed by atoms with Gasteiger partial charge in [0.1, 0.15) is 0 Å². The normalized spacial score (nSPS) is 16.6. The first-order valence-corrected chi connectivity index (χ1v) is 10.7. The fourth-order valence-corrected chi connectivity index (χ4v) is 4.80. The van der Waals surface area contributed by atoms with Crippen molar-refractivity contribution in [2.75, 3.05) is 19.6 Å². The highest BCUT2D eigenvalue weighted by molar-refractivity contribution is 8.14. The van der Waals surface area contributed by atoms with Crippen LogP contribution in [0, 0.1) is 0 Å². The van der Waals surface area contributed by atoms with Crippen molar-refractivity contribution in [3.8, 4) is 11.1 Å². The summed E-state index contributed by atoms with van der Waals surface area (Å²) in [6, 6.07) is 27.2. The molecule has 0 unspecified atom stereocenters. The van der Waals surface area contributed by atoms with Crippen molar-refractivity contribution >= 4 is 22.7 Å². The molecule has 1 aliphatic rings. The number of likely N-dealkylation sites (tertiary alicyclic amines) is 1. The third-order valence-corrected chi connectivity index (χ3v) is 6.36. The van der Waals surface area contributed by atoms with Gasteiger partial charge in [0, 0.05) is 22.9 Å². The van der Waals surface area contributed by atoms with E-state index in [0.29, 0.717) is 6.54 Å². The van der Waals surface area contributed by atoms with Crippen LogP contribution in [0.15, 0.2) is 84.9 Å². The summed E-state index contributed by atoms with van der Waals surface area (Å²) < 4.78 is 0. The molecule has 3 aromatic carbocycles. The first-order chi connectivity index (χ1) is 14.2. The van der Waals surface area contributed by atoms with Crippen molar-refractivity contribution in [2.24, 2.45) is 0 Å². The van der Waals surface area contributed by atoms with Crippen LogP contribution in [-0.2, 0) is 0 Å². The fraction of sp³-hybridized carbons (Fsp3) is 0.200. The molecule has 1 fully saturated rings. The lowest BCUT2D eigenvalue weighted by Gasteiger charge is -2.16. The molecule has 0 radical (unpaired) electrons. The van der Waals surface area contributed by atoms with Crippen molar-refractivity contribution in [3.05, 3.63) is 96.1 Å². The second-order valence-corrected chi connectivity index (χ2v) is 8.53. The number of ketones is 1. The molecule has 0 aromatic heterocycles. The average molecular weight is 402 g/mol. The summed E-state index contributed by atoms with van der Waals surface area (Å²) >= 11 is 1.40. The minimum absolute atomic E-state index is 0.109. The van der Waals surface area contributed by atoms with Gasteiger partial charge < -0.3 is 0 Å². The van der Waals surface area contributed by atoms with Gasteiger partial charge in [-0.3, -0.25) is 14.5 Å². The van der Waals surface area contributed by atoms with Crippen LogP contribution in [0.1, 0.15) is 27.1 Å². The first kappa shape index (κ1) is 19.6. The number of thioether (sulfide) groups is 1. The van der Waals surface area contributed by atoms with Gasteiger partial charge in [0.25, 0.3) is 0 Å². The van der Waals surface area contributed by atoms with Crippen molar-refractivity contribution in [2.45, 2.75) is 11.7 Å². The second-order valence-electron chi connectivity index (χ2n) is 7.25. The Labute approximate surface area is 175 Å². The zero-order valence-corrected chi connectivity index (χ0v) is 17.0. The lowest BCUT2D eigenvalue weighted by atomic mass is 9.97. The van der Waals surface area contributed by atoms with Crippen molar-refractivity contribution in [1.82, 2.24) is 4.90 Å². The molecule has 4 rings (SSSR count). The predicted octanol–water partition coefficient (Wildman–Crippen LogP) is 5.18. The summed E-state index contributed by atoms with van der Waals surface area (Å²) in [6.07, 6.45) is 0.927. The van der Waals surface area contributed by atoms with E-state index < -0.39 is 0 Å². The van der Waals surface area contributed by atoms with E-state index in [4.69, 9.17) is 0 Å². The minimum atomic E-state index is 0.109. The van der Waals surface area contributed by atoms with Crippen LogP contribution < -0.4 is 0 Å². The fourth-order valence-electron chi connectivity index (χ4n) is 3.71. The average Bonchev–Trinajstić information content (AvgIpc) is 3.21. The standard InChI is InChI=1S/C25H23NO2S/c27-24(23-14-8-7-13-22(23)19-9-3-1-4-10-19)18-26-16-15-21(17-26)29-25(28)20-11-5-2-6-12-20/h1-14,21H,15-18H2/t21-/m0/s1. The second kappa shape index (κ2) is 9.21. The summed E-state index contributed by atoms with van der Waals surface area (Å²) in [5.74, 6) is 0.129. The Morgan fingerprint density at radius 2 is 1.52 bits per heavy atom. The Morgan fingerprint density at radius 3 is 2.28 bits per heavy atom. The number of hydrogen-bond donors (Lipinski definition) is 0. The summed E-state index contributed by atoms with van der Waals surface area (Å²) in [6.45, 7) is 2.00. The van der Waals surface area contributed by atoms with Crippen LogP contribution in [0.25, 0.3) is 11.1 Å². The predicted molar refractivity (Wildman–Crippen MR) is 119 cm³/mol. The number of Topliss-reactive ketones (excluding diaryl/α,β-unsaturated/α-hetero) is 1. The highest BCUT2D eigenvalue weighted by Gasteiger charge is 2.27. The van der Waals surface area contributed by atoms with Gasteiger partial charge in [0.05, 0.1) is 6.54 Å². The Kier molecular flexibility index (Phi) is 6.23. The molecule has 1 saturated heterocycles. The van der Waals surface area contributed by atoms with Crippen LogP contribution in [0.2, 0.25) is 0 Å². The van der Waals surface area contributed by atoms with Crippen LogP contribution in [0.3, 0.4) is 0 Å². The van der Waals surface area contributed by atoms with Gasteiger partial charge >= 0.3 is 0 Å². The molecule has 1 atom stereocenters. The third kappa shape index (κ3) is 4.84. The van der Waals surface area contributed by atoms with Gasteiger partial charge in [-0.2, -0.15) is 0 Å². The maximum absolute atomic E-state index is 13.0. The highest BCUT2D eigenvalue weighted by atomic mass is 32.2. The molecule has 146 valence electrons. The number of hydrogen-bond acceptors (Lipinski definition) is 4. The quantitative estimate of drug-likeness (QED) is 0.533. The van der Waals surface area contributed by atoms with Crippen LogP contribution >= 0.6 is 11.8 Å². The molecule has 3 nitrogen and oxygen atoms in total. The van der Waals surface area contributed by atoms with E-state index in [1.807, 2.05) is 84.9 Å². The van der Waals surface area contributed by atoms with E-state index in [1.54, 1.807) is 0 Å². The Morgan fingerprint density at radius 1 is 0.862 bits per heavy atom. The zero-order chi connectivity index (χ0) is 20.1. The van der Waals surface area contributed by atoms with Crippen LogP contribution in [-0.4, -0.2) is 40.7 Å². The molecular formula is C25H23NO2S. The molecular weight excluding hydrogens is 378 g/mol. The Balaban J connectivity index is 1.39. The third-order valence-electron chi connectivity index (χ3n) is 5.19. The van der Waals surface area contributed by atoms with E-state index in [1.165, 1.54) is 11.8 Å². The molecule has 0 N–H and O–H groups in total. The number of nitrogens with zero attached hydrogens (tertiary/aromatic N) is 1. The molecule has 0 spiro atoms. The van der Waals surface area contributed by atoms with E-state index in [9.17, 15) is 9.59 Å². The summed E-state index contributed by atoms with van der Waals surface area (Å²) in [5, 5.41) is 0.345. The van der Waals surface area contributed by atoms with Gasteiger partial charge in [-0.1, -0.05) is 96.7 Å². The largest absolute Gasteiger partial charge is 0.295 e. The van der Waals surface area contributed by atoms with Crippen LogP contribution in [0.5, 0.6) is 0 Å². The van der Waals surface area contributed by atoms with Crippen molar-refractivity contribution in [3.63, 3.8) is 0 Å². The van der Waals surface area contributed by atoms with Gasteiger partial charge in [-0.15, -0.1) is 0 Å². The smallest absolute Gasteiger partial charge is 0.219 e. The van der Waals surface area contributed by atoms with Gasteiger partial charge in [0.15, 0.2) is 5.78 Å². The molecule has 3 aromatic rings. The molecule has 0 aliphatic carbocycles. The number of rotatable bonds is 6. The summed E-state index contributed by atoms with van der Waals surface area (Å²) in [4.78, 5) is 27.6. The first-order valence-electron chi connectivity index (χ1n) is 9.87. The molecule has 4 heteroatoms. The number of benzene rings is 3. The van der Waals surface area contributed by atoms with Crippen LogP contribution in [0.4, 0.5) is 0 Å². The van der Waals surface area contributed by atoms with E-state index in [-0.39, 0.29) is 16.1 Å². The maximum Gasteiger partial charge on any atom is 0.219 e. The zero-order valence-electron chi connectivity index (χ0n) is 16.2. The van der Waals surface area contributed by atoms with Crippen molar-refractivity contribution < 1.29 is 9.59 Å². The van der Waals surface area contributed by atoms with E-state index in [2.05, 4.69) is 4.90 Å². The molecule has 1 aliphatic heterocycles. The Hall–Kier alpha value is -2.69. The summed E-state index contributed by atoms with van der Waals surface area (Å²) in [7, 11) is 0. The molecule has 0 saturated carbocycles. The lowest BCUT2D eigenvalue weighted by molar-refractivity contribution is 0.0946. The molecule has 1 heterocycles. The number of carbonyl (C=O) groups is 2. The minimum Gasteiger partial charge on any atom is -0.295 e. The van der Waals surface area contributed by atoms with E-state index in [0.717, 1.165) is 41.8 Å². The van der Waals surface area contributed by atoms with Gasteiger partial charge in [-0.25, -0.2) is 0 Å². The highest BCUT2D eigenvalue weighted by Crippen LogP contribution is 2.27. The molecule has 29 heavy (non-hydrogen) atoms. The lowest BCUT2D eigenvalue weighted by Crippen LogP contribution is -2.28. The summed E-state index contributed by atoms with van der Waals surface area (Å²) in [5.41, 5.74) is 3.53. The van der Waals surface area contributed by atoms with Gasteiger partial charge in [0.2, 0.25) is 5.12 Å². The van der Waals surface area contributed by atoms with Gasteiger partial charge in [-0.05, 0) is 24.1 Å². The maximum atomic E-state index is 13.0. The SMILES string of the molecule is O=C(S[C@H]1CCN(CC(=O)c2ccccc2-c2ccccc2)C1)c1ccccc1. The van der Waals surface area contributed by atoms with Crippen molar-refractivity contribution in [1.29, 1.82) is 0 Å². The Bertz CT molecular complexity index is 988. The monoisotopic (exact) mass is 401 g/mol. The topological polar surface area (TPSA) is 37.4 Å².